The molecule has 214 valence electrons. The number of pyridine rings is 1. The largest absolute Gasteiger partial charge is 0.368 e. The van der Waals surface area contributed by atoms with Crippen LogP contribution in [0.3, 0.4) is 0 Å². The molecule has 4 N–H and O–H groups in total. The number of nitrogens with one attached hydrogen (secondary N) is 2. The third-order valence-corrected chi connectivity index (χ3v) is 6.83. The molecular weight excluding hydrogens is 566 g/mol. The van der Waals surface area contributed by atoms with Crippen molar-refractivity contribution >= 4 is 48.0 Å². The fraction of sp³-hybridized carbons (Fsp3) is 0.321. The van der Waals surface area contributed by atoms with Gasteiger partial charge in [-0.1, -0.05) is 6.92 Å². The Morgan fingerprint density at radius 3 is 2.42 bits per heavy atom. The minimum absolute atomic E-state index is 0. The summed E-state index contributed by atoms with van der Waals surface area (Å²) in [6, 6.07) is 6.98. The van der Waals surface area contributed by atoms with E-state index >= 15 is 4.39 Å². The molecule has 2 fully saturated rings. The lowest BCUT2D eigenvalue weighted by Gasteiger charge is -2.37. The van der Waals surface area contributed by atoms with Gasteiger partial charge in [0.2, 0.25) is 0 Å². The number of halogens is 5. The normalized spacial score (nSPS) is 18.3. The number of nitrogens with two attached hydrogens (primary N) is 1. The molecule has 2 aliphatic rings. The molecule has 0 bridgehead atoms. The lowest BCUT2D eigenvalue weighted by molar-refractivity contribution is 0.0950. The van der Waals surface area contributed by atoms with Gasteiger partial charge in [0.1, 0.15) is 17.5 Å². The molecule has 1 aliphatic carbocycles. The molecule has 40 heavy (non-hydrogen) atoms. The van der Waals surface area contributed by atoms with Crippen LogP contribution in [0.4, 0.5) is 24.5 Å². The van der Waals surface area contributed by atoms with E-state index in [1.165, 1.54) is 12.3 Å². The molecule has 0 radical (unpaired) electrons. The predicted octanol–water partition coefficient (Wildman–Crippen LogP) is 5.33. The number of hydrogen-bond acceptors (Lipinski definition) is 5. The molecule has 3 aromatic rings. The molecule has 0 unspecified atom stereocenters. The number of anilines is 2. The third kappa shape index (κ3) is 6.68. The van der Waals surface area contributed by atoms with Gasteiger partial charge in [0.05, 0.1) is 28.7 Å². The highest BCUT2D eigenvalue weighted by atomic mass is 35.5. The second-order valence-electron chi connectivity index (χ2n) is 10.1. The van der Waals surface area contributed by atoms with Crippen molar-refractivity contribution in [3.05, 3.63) is 77.4 Å². The summed E-state index contributed by atoms with van der Waals surface area (Å²) in [5, 5.41) is 5.42. The van der Waals surface area contributed by atoms with Crippen LogP contribution in [-0.2, 0) is 0 Å². The number of carbonyl (C=O) groups is 2. The minimum Gasteiger partial charge on any atom is -0.368 e. The maximum atomic E-state index is 15.7. The molecule has 0 spiro atoms. The van der Waals surface area contributed by atoms with E-state index in [-0.39, 0.29) is 42.5 Å². The Bertz CT molecular complexity index is 1400. The van der Waals surface area contributed by atoms with Gasteiger partial charge in [-0.15, -0.1) is 24.8 Å². The molecular formula is C28H30Cl2F3N5O2. The van der Waals surface area contributed by atoms with Crippen LogP contribution in [0.2, 0.25) is 0 Å². The average Bonchev–Trinajstić information content (AvgIpc) is 3.69. The molecule has 5 rings (SSSR count). The number of carbonyl (C=O) groups excluding carboxylic acids is 2. The number of benzene rings is 2. The van der Waals surface area contributed by atoms with Gasteiger partial charge >= 0.3 is 0 Å². The summed E-state index contributed by atoms with van der Waals surface area (Å²) in [7, 11) is 0. The van der Waals surface area contributed by atoms with Crippen LogP contribution in [0.25, 0.3) is 11.1 Å². The van der Waals surface area contributed by atoms with Gasteiger partial charge in [-0.05, 0) is 61.6 Å². The van der Waals surface area contributed by atoms with Crippen molar-refractivity contribution in [3.8, 4) is 11.1 Å². The molecule has 1 aliphatic heterocycles. The van der Waals surface area contributed by atoms with E-state index in [1.54, 1.807) is 12.3 Å². The first-order valence-corrected chi connectivity index (χ1v) is 12.6. The number of rotatable bonds is 6. The Kier molecular flexibility index (Phi) is 10.0. The number of aromatic nitrogens is 1. The first-order chi connectivity index (χ1) is 18.2. The monoisotopic (exact) mass is 595 g/mol. The summed E-state index contributed by atoms with van der Waals surface area (Å²) in [5.74, 6) is -4.19. The van der Waals surface area contributed by atoms with Gasteiger partial charge < -0.3 is 21.3 Å². The van der Waals surface area contributed by atoms with Crippen LogP contribution in [-0.4, -0.2) is 42.0 Å². The summed E-state index contributed by atoms with van der Waals surface area (Å²) in [5.41, 5.74) is 5.62. The van der Waals surface area contributed by atoms with Gasteiger partial charge in [0.15, 0.2) is 0 Å². The maximum Gasteiger partial charge on any atom is 0.258 e. The lowest BCUT2D eigenvalue weighted by atomic mass is 9.96. The van der Waals surface area contributed by atoms with Gasteiger partial charge in [0.25, 0.3) is 11.8 Å². The summed E-state index contributed by atoms with van der Waals surface area (Å²) < 4.78 is 45.3. The van der Waals surface area contributed by atoms with E-state index < -0.39 is 46.0 Å². The van der Waals surface area contributed by atoms with Crippen molar-refractivity contribution in [3.63, 3.8) is 0 Å². The number of nitrogens with zero attached hydrogens (tertiary/aromatic N) is 2. The summed E-state index contributed by atoms with van der Waals surface area (Å²) in [6.45, 7) is 3.39. The molecule has 2 aromatic carbocycles. The third-order valence-electron chi connectivity index (χ3n) is 6.83. The average molecular weight is 596 g/mol. The molecule has 2 amide bonds. The van der Waals surface area contributed by atoms with Crippen molar-refractivity contribution in [1.82, 2.24) is 10.3 Å². The van der Waals surface area contributed by atoms with Crippen LogP contribution in [0.1, 0.15) is 46.9 Å². The van der Waals surface area contributed by atoms with Gasteiger partial charge in [-0.25, -0.2) is 13.2 Å². The summed E-state index contributed by atoms with van der Waals surface area (Å²) in [4.78, 5) is 31.7. The van der Waals surface area contributed by atoms with Crippen LogP contribution in [0.15, 0.2) is 48.8 Å². The zero-order chi connectivity index (χ0) is 27.0. The summed E-state index contributed by atoms with van der Waals surface area (Å²) in [6.07, 6.45) is 5.61. The topological polar surface area (TPSA) is 100 Å². The molecule has 1 saturated carbocycles. The summed E-state index contributed by atoms with van der Waals surface area (Å²) >= 11 is 0. The minimum atomic E-state index is -1.24. The molecule has 1 aromatic heterocycles. The van der Waals surface area contributed by atoms with Crippen molar-refractivity contribution in [2.75, 3.05) is 23.3 Å². The molecule has 12 heteroatoms. The fourth-order valence-electron chi connectivity index (χ4n) is 4.87. The quantitative estimate of drug-likeness (QED) is 0.358. The second-order valence-corrected chi connectivity index (χ2v) is 10.1. The smallest absolute Gasteiger partial charge is 0.258 e. The Morgan fingerprint density at radius 2 is 1.73 bits per heavy atom. The standard InChI is InChI=1S/C28H28F3N5O2.2ClH/c1-15-10-17(32)14-36(13-15)24-8-9-33-12-23(24)35-28(38)19-5-7-22(30)25(26(19)31)20-11-16(2-6-21(20)29)27(37)34-18-3-4-18;;/h2,5-9,11-12,15,17-18H,3-4,10,13-14,32H2,1H3,(H,34,37)(H,35,38);2*1H/t15-,17+;;/m1../s1. The maximum absolute atomic E-state index is 15.7. The van der Waals surface area contributed by atoms with E-state index in [1.807, 2.05) is 4.90 Å². The SMILES string of the molecule is C[C@@H]1C[C@H](N)CN(c2ccncc2NC(=O)c2ccc(F)c(-c3cc(C(=O)NC4CC4)ccc3F)c2F)C1.Cl.Cl. The zero-order valence-corrected chi connectivity index (χ0v) is 23.3. The highest BCUT2D eigenvalue weighted by Crippen LogP contribution is 2.33. The number of piperidine rings is 1. The molecule has 2 heterocycles. The number of amides is 2. The highest BCUT2D eigenvalue weighted by molar-refractivity contribution is 6.07. The van der Waals surface area contributed by atoms with E-state index in [0.717, 1.165) is 50.1 Å². The van der Waals surface area contributed by atoms with E-state index in [4.69, 9.17) is 5.73 Å². The molecule has 2 atom stereocenters. The van der Waals surface area contributed by atoms with E-state index in [0.29, 0.717) is 23.8 Å². The number of hydrogen-bond donors (Lipinski definition) is 3. The predicted molar refractivity (Wildman–Crippen MR) is 153 cm³/mol. The zero-order valence-electron chi connectivity index (χ0n) is 21.6. The Hall–Kier alpha value is -3.34. The Balaban J connectivity index is 0.00000220. The second kappa shape index (κ2) is 12.9. The van der Waals surface area contributed by atoms with Crippen LogP contribution in [0, 0.1) is 23.4 Å². The van der Waals surface area contributed by atoms with Crippen molar-refractivity contribution in [2.24, 2.45) is 11.7 Å². The van der Waals surface area contributed by atoms with Crippen molar-refractivity contribution in [1.29, 1.82) is 0 Å². The van der Waals surface area contributed by atoms with Crippen LogP contribution >= 0.6 is 24.8 Å². The van der Waals surface area contributed by atoms with E-state index in [9.17, 15) is 18.4 Å². The van der Waals surface area contributed by atoms with Gasteiger partial charge in [-0.2, -0.15) is 0 Å². The molecule has 1 saturated heterocycles. The van der Waals surface area contributed by atoms with Crippen LogP contribution in [0.5, 0.6) is 0 Å². The first-order valence-electron chi connectivity index (χ1n) is 12.6. The fourth-order valence-corrected chi connectivity index (χ4v) is 4.87. The van der Waals surface area contributed by atoms with Crippen molar-refractivity contribution < 1.29 is 22.8 Å². The Morgan fingerprint density at radius 1 is 1.00 bits per heavy atom. The Labute approximate surface area is 242 Å². The van der Waals surface area contributed by atoms with E-state index in [2.05, 4.69) is 22.5 Å². The highest BCUT2D eigenvalue weighted by Gasteiger charge is 2.28. The van der Waals surface area contributed by atoms with Crippen LogP contribution < -0.4 is 21.3 Å². The lowest BCUT2D eigenvalue weighted by Crippen LogP contribution is -2.46. The molecule has 7 nitrogen and oxygen atoms in total. The van der Waals surface area contributed by atoms with Gasteiger partial charge in [0, 0.05) is 42.5 Å². The first kappa shape index (κ1) is 31.2. The van der Waals surface area contributed by atoms with Gasteiger partial charge in [-0.3, -0.25) is 14.6 Å². The van der Waals surface area contributed by atoms with Crippen molar-refractivity contribution in [2.45, 2.75) is 38.3 Å².